The van der Waals surface area contributed by atoms with Crippen molar-refractivity contribution in [3.05, 3.63) is 281 Å². The van der Waals surface area contributed by atoms with Gasteiger partial charge in [-0.15, -0.1) is 0 Å². The fourth-order valence-corrected chi connectivity index (χ4v) is 10.9. The van der Waals surface area contributed by atoms with E-state index in [2.05, 4.69) is 302 Å². The number of rotatable bonds is 15. The second-order valence-electron chi connectivity index (χ2n) is 21.4. The Morgan fingerprint density at radius 3 is 0.986 bits per heavy atom. The molecule has 0 N–H and O–H groups in total. The molecule has 0 aromatic heterocycles. The van der Waals surface area contributed by atoms with Crippen molar-refractivity contribution >= 4 is 50.0 Å². The Labute approximate surface area is 429 Å². The third-order valence-corrected chi connectivity index (χ3v) is 16.0. The fourth-order valence-electron chi connectivity index (χ4n) is 10.9. The fraction of sp³-hybridized carbons (Fsp3) is 0.200. The molecule has 0 radical (unpaired) electrons. The largest absolute Gasteiger partial charge is 0.336 e. The average molecular weight is 937 g/mol. The van der Waals surface area contributed by atoms with Gasteiger partial charge in [-0.25, -0.2) is 0 Å². The topological polar surface area (TPSA) is 6.48 Å². The lowest BCUT2D eigenvalue weighted by Gasteiger charge is -2.34. The summed E-state index contributed by atoms with van der Waals surface area (Å²) in [6, 6.07) is 88.1. The highest BCUT2D eigenvalue weighted by Gasteiger charge is 2.29. The molecule has 0 aliphatic heterocycles. The van der Waals surface area contributed by atoms with Crippen LogP contribution >= 0.6 is 0 Å². The van der Waals surface area contributed by atoms with Gasteiger partial charge in [0.25, 0.3) is 0 Å². The summed E-state index contributed by atoms with van der Waals surface area (Å²) in [6.45, 7) is 19.3. The van der Waals surface area contributed by atoms with Crippen molar-refractivity contribution in [3.8, 4) is 0 Å². The summed E-state index contributed by atoms with van der Waals surface area (Å²) >= 11 is 0. The zero-order chi connectivity index (χ0) is 50.0. The highest BCUT2D eigenvalue weighted by Crippen LogP contribution is 2.50. The Morgan fingerprint density at radius 2 is 0.639 bits per heavy atom. The van der Waals surface area contributed by atoms with Crippen molar-refractivity contribution in [2.45, 2.75) is 90.5 Å². The molecule has 0 spiro atoms. The second-order valence-corrected chi connectivity index (χ2v) is 21.4. The van der Waals surface area contributed by atoms with Crippen molar-refractivity contribution in [3.63, 3.8) is 0 Å². The van der Waals surface area contributed by atoms with E-state index >= 15 is 0 Å². The van der Waals surface area contributed by atoms with Crippen LogP contribution in [0.1, 0.15) is 112 Å². The van der Waals surface area contributed by atoms with Crippen LogP contribution in [0.2, 0.25) is 0 Å². The molecular weight excluding hydrogens is 869 g/mol. The zero-order valence-corrected chi connectivity index (χ0v) is 43.4. The molecule has 0 saturated heterocycles. The number of hydrogen-bond donors (Lipinski definition) is 0. The third-order valence-electron chi connectivity index (χ3n) is 16.0. The minimum atomic E-state index is -0.177. The van der Waals surface area contributed by atoms with Gasteiger partial charge in [0.05, 0.1) is 11.4 Å². The van der Waals surface area contributed by atoms with Crippen LogP contribution in [0.15, 0.2) is 237 Å². The summed E-state index contributed by atoms with van der Waals surface area (Å²) in [4.78, 5) is 5.07. The number of hydrogen-bond acceptors (Lipinski definition) is 2. The van der Waals surface area contributed by atoms with E-state index in [1.54, 1.807) is 0 Å². The van der Waals surface area contributed by atoms with E-state index in [9.17, 15) is 0 Å². The normalized spacial score (nSPS) is 12.5. The highest BCUT2D eigenvalue weighted by molar-refractivity contribution is 6.22. The molecule has 0 aliphatic rings. The summed E-state index contributed by atoms with van der Waals surface area (Å²) in [7, 11) is 0. The van der Waals surface area contributed by atoms with Crippen LogP contribution in [0, 0.1) is 0 Å². The lowest BCUT2D eigenvalue weighted by molar-refractivity contribution is 0.640. The molecule has 0 amide bonds. The van der Waals surface area contributed by atoms with E-state index in [1.165, 1.54) is 71.7 Å². The standard InChI is InChI=1S/C70H68N2/c1-9-50(2)52-35-33-51(34-36-52)49-71(59-43-37-56(38-44-59)68(3,4)53-23-13-10-14-24-53)66-62-29-19-21-31-64(62)67(65-32-22-20-30-63(65)66)72(60-45-39-57(40-46-60)69(5,6)54-25-15-11-16-26-54)61-47-41-58(42-48-61)70(7,8)55-27-17-12-18-28-55/h10-48,50H,9,49H2,1-8H3. The van der Waals surface area contributed by atoms with Crippen LogP contribution < -0.4 is 9.80 Å². The summed E-state index contributed by atoms with van der Waals surface area (Å²) in [6.07, 6.45) is 1.12. The number of nitrogens with zero attached hydrogens (tertiary/aromatic N) is 2. The number of benzene rings is 10. The van der Waals surface area contributed by atoms with Gasteiger partial charge in [-0.05, 0) is 93.2 Å². The van der Waals surface area contributed by atoms with Gasteiger partial charge in [-0.1, -0.05) is 256 Å². The Balaban J connectivity index is 1.17. The summed E-state index contributed by atoms with van der Waals surface area (Å²) < 4.78 is 0. The predicted octanol–water partition coefficient (Wildman–Crippen LogP) is 19.3. The lowest BCUT2D eigenvalue weighted by atomic mass is 9.78. The molecule has 1 atom stereocenters. The van der Waals surface area contributed by atoms with E-state index in [0.29, 0.717) is 12.5 Å². The molecule has 2 heteroatoms. The predicted molar refractivity (Wildman–Crippen MR) is 309 cm³/mol. The van der Waals surface area contributed by atoms with Crippen molar-refractivity contribution in [1.82, 2.24) is 0 Å². The van der Waals surface area contributed by atoms with Crippen molar-refractivity contribution < 1.29 is 0 Å². The molecule has 72 heavy (non-hydrogen) atoms. The van der Waals surface area contributed by atoms with Crippen molar-refractivity contribution in [2.24, 2.45) is 0 Å². The SMILES string of the molecule is CCC(C)c1ccc(CN(c2ccc(C(C)(C)c3ccccc3)cc2)c2c3ccccc3c(N(c3ccc(C(C)(C)c4ccccc4)cc3)c3ccc(C(C)(C)c4ccccc4)cc3)c3ccccc23)cc1. The maximum absolute atomic E-state index is 2.57. The van der Waals surface area contributed by atoms with Gasteiger partial charge >= 0.3 is 0 Å². The molecule has 0 bridgehead atoms. The second kappa shape index (κ2) is 19.8. The Kier molecular flexibility index (Phi) is 13.2. The van der Waals surface area contributed by atoms with Gasteiger partial charge in [0.2, 0.25) is 0 Å². The summed E-state index contributed by atoms with van der Waals surface area (Å²) in [5.41, 5.74) is 15.6. The summed E-state index contributed by atoms with van der Waals surface area (Å²) in [5, 5.41) is 4.77. The summed E-state index contributed by atoms with van der Waals surface area (Å²) in [5.74, 6) is 0.511. The van der Waals surface area contributed by atoms with E-state index in [-0.39, 0.29) is 16.2 Å². The van der Waals surface area contributed by atoms with Gasteiger partial charge in [-0.2, -0.15) is 0 Å². The molecular formula is C70H68N2. The van der Waals surface area contributed by atoms with E-state index < -0.39 is 0 Å². The Morgan fingerprint density at radius 1 is 0.333 bits per heavy atom. The lowest BCUT2D eigenvalue weighted by Crippen LogP contribution is -2.21. The Hall–Kier alpha value is -7.68. The van der Waals surface area contributed by atoms with Gasteiger partial charge in [0, 0.05) is 61.4 Å². The van der Waals surface area contributed by atoms with Crippen LogP contribution in [0.5, 0.6) is 0 Å². The molecule has 0 fully saturated rings. The molecule has 10 aromatic rings. The zero-order valence-electron chi connectivity index (χ0n) is 43.4. The quantitative estimate of drug-likeness (QED) is 0.0746. The van der Waals surface area contributed by atoms with Crippen molar-refractivity contribution in [1.29, 1.82) is 0 Å². The van der Waals surface area contributed by atoms with Crippen LogP contribution in [-0.2, 0) is 22.8 Å². The van der Waals surface area contributed by atoms with Crippen LogP contribution in [-0.4, -0.2) is 0 Å². The van der Waals surface area contributed by atoms with E-state index in [1.807, 2.05) is 0 Å². The van der Waals surface area contributed by atoms with Gasteiger partial charge in [0.1, 0.15) is 0 Å². The molecule has 10 aromatic carbocycles. The molecule has 0 saturated carbocycles. The first-order valence-electron chi connectivity index (χ1n) is 25.9. The minimum Gasteiger partial charge on any atom is -0.336 e. The smallest absolute Gasteiger partial charge is 0.0619 e. The van der Waals surface area contributed by atoms with Crippen molar-refractivity contribution in [2.75, 3.05) is 9.80 Å². The Bertz CT molecular complexity index is 3260. The number of fused-ring (bicyclic) bond motifs is 2. The molecule has 1 unspecified atom stereocenters. The van der Waals surface area contributed by atoms with Gasteiger partial charge < -0.3 is 9.80 Å². The van der Waals surface area contributed by atoms with E-state index in [4.69, 9.17) is 0 Å². The number of anilines is 5. The molecule has 0 aliphatic carbocycles. The first-order chi connectivity index (χ1) is 34.9. The third kappa shape index (κ3) is 9.12. The maximum atomic E-state index is 2.57. The van der Waals surface area contributed by atoms with Crippen LogP contribution in [0.4, 0.5) is 28.4 Å². The van der Waals surface area contributed by atoms with Crippen LogP contribution in [0.25, 0.3) is 21.5 Å². The van der Waals surface area contributed by atoms with Gasteiger partial charge in [0.15, 0.2) is 0 Å². The first-order valence-corrected chi connectivity index (χ1v) is 25.9. The van der Waals surface area contributed by atoms with Gasteiger partial charge in [-0.3, -0.25) is 0 Å². The minimum absolute atomic E-state index is 0.161. The first kappa shape index (κ1) is 48.0. The maximum Gasteiger partial charge on any atom is 0.0619 e. The molecule has 0 heterocycles. The monoisotopic (exact) mass is 937 g/mol. The average Bonchev–Trinajstić information content (AvgIpc) is 3.43. The molecule has 358 valence electrons. The highest BCUT2D eigenvalue weighted by atomic mass is 15.2. The molecule has 2 nitrogen and oxygen atoms in total. The van der Waals surface area contributed by atoms with Crippen LogP contribution in [0.3, 0.4) is 0 Å². The molecule has 10 rings (SSSR count). The van der Waals surface area contributed by atoms with E-state index in [0.717, 1.165) is 29.2 Å².